The largest absolute Gasteiger partial charge is 0.385 e. The molecule has 0 radical (unpaired) electrons. The van der Waals surface area contributed by atoms with Gasteiger partial charge in [-0.1, -0.05) is 0 Å². The Hall–Kier alpha value is -1.53. The van der Waals surface area contributed by atoms with Gasteiger partial charge < -0.3 is 4.74 Å². The number of sulfonamides is 2. The van der Waals surface area contributed by atoms with Crippen molar-refractivity contribution in [3.05, 3.63) is 35.8 Å². The first kappa shape index (κ1) is 18.8. The normalized spacial score (nSPS) is 12.2. The van der Waals surface area contributed by atoms with E-state index in [-0.39, 0.29) is 21.5 Å². The van der Waals surface area contributed by atoms with E-state index in [0.29, 0.717) is 13.0 Å². The maximum absolute atomic E-state index is 12.2. The van der Waals surface area contributed by atoms with Crippen LogP contribution in [-0.2, 0) is 24.8 Å². The Kier molecular flexibility index (Phi) is 6.29. The van der Waals surface area contributed by atoms with Gasteiger partial charge in [-0.15, -0.1) is 11.3 Å². The molecular weight excluding hydrogens is 374 g/mol. The van der Waals surface area contributed by atoms with Crippen LogP contribution >= 0.6 is 11.3 Å². The van der Waals surface area contributed by atoms with Crippen LogP contribution in [0.25, 0.3) is 0 Å². The zero-order valence-electron chi connectivity index (χ0n) is 12.8. The SMILES string of the molecule is COCCCNS(=O)(=O)c1ccc(S(=O)(=O)Nc2nccs2)cc1. The van der Waals surface area contributed by atoms with Gasteiger partial charge in [-0.25, -0.2) is 26.5 Å². The molecule has 0 unspecified atom stereocenters. The minimum Gasteiger partial charge on any atom is -0.385 e. The fourth-order valence-corrected chi connectivity index (χ4v) is 4.61. The van der Waals surface area contributed by atoms with Crippen LogP contribution in [-0.4, -0.2) is 42.1 Å². The van der Waals surface area contributed by atoms with Crippen molar-refractivity contribution >= 4 is 36.5 Å². The number of hydrogen-bond donors (Lipinski definition) is 2. The Morgan fingerprint density at radius 3 is 2.25 bits per heavy atom. The Morgan fingerprint density at radius 2 is 1.71 bits per heavy atom. The lowest BCUT2D eigenvalue weighted by Gasteiger charge is -2.08. The molecule has 0 aliphatic heterocycles. The minimum atomic E-state index is -3.80. The highest BCUT2D eigenvalue weighted by Gasteiger charge is 2.18. The predicted molar refractivity (Wildman–Crippen MR) is 91.0 cm³/mol. The first-order valence-corrected chi connectivity index (χ1v) is 10.7. The van der Waals surface area contributed by atoms with Crippen LogP contribution in [0.5, 0.6) is 0 Å². The number of benzene rings is 1. The highest BCUT2D eigenvalue weighted by molar-refractivity contribution is 7.93. The summed E-state index contributed by atoms with van der Waals surface area (Å²) in [6.45, 7) is 0.684. The highest BCUT2D eigenvalue weighted by atomic mass is 32.2. The molecule has 2 N–H and O–H groups in total. The molecule has 24 heavy (non-hydrogen) atoms. The van der Waals surface area contributed by atoms with Crippen molar-refractivity contribution in [1.29, 1.82) is 0 Å². The summed E-state index contributed by atoms with van der Waals surface area (Å²) in [5.41, 5.74) is 0. The van der Waals surface area contributed by atoms with Gasteiger partial charge in [-0.2, -0.15) is 0 Å². The molecule has 1 heterocycles. The average Bonchev–Trinajstić information content (AvgIpc) is 3.04. The standard InChI is InChI=1S/C13H17N3O5S3/c1-21-9-2-7-15-23(17,18)11-3-5-12(6-4-11)24(19,20)16-13-14-8-10-22-13/h3-6,8,10,15H,2,7,9H2,1H3,(H,14,16). The molecule has 0 aliphatic carbocycles. The molecule has 1 aromatic heterocycles. The van der Waals surface area contributed by atoms with E-state index in [2.05, 4.69) is 14.4 Å². The average molecular weight is 391 g/mol. The molecule has 0 amide bonds. The molecule has 2 rings (SSSR count). The monoisotopic (exact) mass is 391 g/mol. The first-order valence-electron chi connectivity index (χ1n) is 6.86. The van der Waals surface area contributed by atoms with Gasteiger partial charge in [0.2, 0.25) is 10.0 Å². The number of thiazole rings is 1. The van der Waals surface area contributed by atoms with E-state index in [9.17, 15) is 16.8 Å². The van der Waals surface area contributed by atoms with E-state index in [1.54, 1.807) is 5.38 Å². The van der Waals surface area contributed by atoms with Crippen molar-refractivity contribution in [1.82, 2.24) is 9.71 Å². The van der Waals surface area contributed by atoms with E-state index < -0.39 is 20.0 Å². The Balaban J connectivity index is 2.09. The Bertz CT molecular complexity index is 847. The number of anilines is 1. The van der Waals surface area contributed by atoms with Gasteiger partial charge in [0, 0.05) is 31.8 Å². The van der Waals surface area contributed by atoms with Crippen LogP contribution in [0.4, 0.5) is 5.13 Å². The van der Waals surface area contributed by atoms with Crippen LogP contribution in [0.15, 0.2) is 45.6 Å². The van der Waals surface area contributed by atoms with Gasteiger partial charge >= 0.3 is 0 Å². The second kappa shape index (κ2) is 8.03. The molecule has 0 atom stereocenters. The van der Waals surface area contributed by atoms with Crippen LogP contribution in [0.1, 0.15) is 6.42 Å². The van der Waals surface area contributed by atoms with Crippen molar-refractivity contribution in [2.24, 2.45) is 0 Å². The van der Waals surface area contributed by atoms with Gasteiger partial charge in [0.15, 0.2) is 5.13 Å². The zero-order valence-corrected chi connectivity index (χ0v) is 15.2. The van der Waals surface area contributed by atoms with E-state index in [0.717, 1.165) is 11.3 Å². The minimum absolute atomic E-state index is 0.00637. The molecule has 0 saturated heterocycles. The van der Waals surface area contributed by atoms with Crippen molar-refractivity contribution in [3.63, 3.8) is 0 Å². The summed E-state index contributed by atoms with van der Waals surface area (Å²) in [6.07, 6.45) is 2.02. The molecule has 0 fully saturated rings. The maximum Gasteiger partial charge on any atom is 0.263 e. The van der Waals surface area contributed by atoms with Crippen molar-refractivity contribution < 1.29 is 21.6 Å². The van der Waals surface area contributed by atoms with Crippen LogP contribution in [0, 0.1) is 0 Å². The molecule has 132 valence electrons. The topological polar surface area (TPSA) is 114 Å². The Labute approximate surface area is 145 Å². The van der Waals surface area contributed by atoms with Crippen LogP contribution in [0.2, 0.25) is 0 Å². The third-order valence-corrected chi connectivity index (χ3v) is 6.57. The van der Waals surface area contributed by atoms with E-state index in [1.807, 2.05) is 0 Å². The molecule has 2 aromatic rings. The summed E-state index contributed by atoms with van der Waals surface area (Å²) in [6, 6.07) is 4.96. The fourth-order valence-electron chi connectivity index (χ4n) is 1.75. The number of rotatable bonds is 9. The second-order valence-electron chi connectivity index (χ2n) is 4.66. The third kappa shape index (κ3) is 4.98. The van der Waals surface area contributed by atoms with Gasteiger partial charge in [0.1, 0.15) is 0 Å². The summed E-state index contributed by atoms with van der Waals surface area (Å²) in [7, 11) is -5.95. The number of ether oxygens (including phenoxy) is 1. The molecule has 0 bridgehead atoms. The zero-order chi connectivity index (χ0) is 17.6. The fraction of sp³-hybridized carbons (Fsp3) is 0.308. The highest BCUT2D eigenvalue weighted by Crippen LogP contribution is 2.19. The molecule has 0 spiro atoms. The lowest BCUT2D eigenvalue weighted by molar-refractivity contribution is 0.196. The number of aromatic nitrogens is 1. The van der Waals surface area contributed by atoms with E-state index in [1.165, 1.54) is 37.6 Å². The summed E-state index contributed by atoms with van der Waals surface area (Å²) >= 11 is 1.15. The van der Waals surface area contributed by atoms with Crippen LogP contribution in [0.3, 0.4) is 0 Å². The predicted octanol–water partition coefficient (Wildman–Crippen LogP) is 1.26. The summed E-state index contributed by atoms with van der Waals surface area (Å²) in [4.78, 5) is 3.79. The van der Waals surface area contributed by atoms with Gasteiger partial charge in [0.25, 0.3) is 10.0 Å². The molecular formula is C13H17N3O5S3. The molecule has 11 heteroatoms. The summed E-state index contributed by atoms with van der Waals surface area (Å²) < 4.78 is 58.1. The Morgan fingerprint density at radius 1 is 1.08 bits per heavy atom. The number of nitrogens with zero attached hydrogens (tertiary/aromatic N) is 1. The summed E-state index contributed by atoms with van der Waals surface area (Å²) in [5.74, 6) is 0. The van der Waals surface area contributed by atoms with Gasteiger partial charge in [-0.3, -0.25) is 4.72 Å². The number of hydrogen-bond acceptors (Lipinski definition) is 7. The third-order valence-electron chi connectivity index (χ3n) is 2.92. The van der Waals surface area contributed by atoms with E-state index in [4.69, 9.17) is 4.74 Å². The molecule has 0 aliphatic rings. The second-order valence-corrected chi connectivity index (χ2v) is 9.00. The quantitative estimate of drug-likeness (QED) is 0.622. The molecule has 0 saturated carbocycles. The molecule has 8 nitrogen and oxygen atoms in total. The van der Waals surface area contributed by atoms with Gasteiger partial charge in [0.05, 0.1) is 9.79 Å². The lowest BCUT2D eigenvalue weighted by Crippen LogP contribution is -2.25. The van der Waals surface area contributed by atoms with Gasteiger partial charge in [-0.05, 0) is 30.7 Å². The van der Waals surface area contributed by atoms with Crippen molar-refractivity contribution in [2.75, 3.05) is 25.0 Å². The first-order chi connectivity index (χ1) is 11.3. The smallest absolute Gasteiger partial charge is 0.263 e. The van der Waals surface area contributed by atoms with Crippen molar-refractivity contribution in [2.45, 2.75) is 16.2 Å². The number of methoxy groups -OCH3 is 1. The summed E-state index contributed by atoms with van der Waals surface area (Å²) in [5, 5.41) is 1.88. The number of nitrogens with one attached hydrogen (secondary N) is 2. The van der Waals surface area contributed by atoms with E-state index >= 15 is 0 Å². The van der Waals surface area contributed by atoms with Crippen molar-refractivity contribution in [3.8, 4) is 0 Å². The lowest BCUT2D eigenvalue weighted by atomic mass is 10.4. The maximum atomic E-state index is 12.2. The van der Waals surface area contributed by atoms with Crippen LogP contribution < -0.4 is 9.44 Å². The molecule has 1 aromatic carbocycles.